The minimum absolute atomic E-state index is 0.0935. The number of ether oxygens (including phenoxy) is 2. The van der Waals surface area contributed by atoms with Gasteiger partial charge in [0.15, 0.2) is 6.61 Å². The standard InChI is InChI=1S/C13H16N2O3/c16-13-8-18-12-4-3-9(6-11(12)15-13)14-10-2-1-5-17-7-10/h3-4,6,10,14H,1-2,5,7-8H2,(H,15,16). The number of hydrogen-bond donors (Lipinski definition) is 2. The SMILES string of the molecule is O=C1COc2ccc(NC3CCCOC3)cc2N1. The normalized spacial score (nSPS) is 22.7. The van der Waals surface area contributed by atoms with Crippen molar-refractivity contribution in [3.8, 4) is 5.75 Å². The van der Waals surface area contributed by atoms with E-state index in [1.807, 2.05) is 18.2 Å². The number of anilines is 2. The molecule has 1 aromatic carbocycles. The van der Waals surface area contributed by atoms with E-state index in [4.69, 9.17) is 9.47 Å². The van der Waals surface area contributed by atoms with Crippen LogP contribution < -0.4 is 15.4 Å². The lowest BCUT2D eigenvalue weighted by Gasteiger charge is -2.25. The largest absolute Gasteiger partial charge is 0.482 e. The van der Waals surface area contributed by atoms with E-state index < -0.39 is 0 Å². The van der Waals surface area contributed by atoms with E-state index in [-0.39, 0.29) is 12.5 Å². The van der Waals surface area contributed by atoms with Gasteiger partial charge in [0, 0.05) is 18.3 Å². The number of amides is 1. The molecule has 5 nitrogen and oxygen atoms in total. The van der Waals surface area contributed by atoms with Gasteiger partial charge in [-0.3, -0.25) is 4.79 Å². The predicted molar refractivity (Wildman–Crippen MR) is 68.0 cm³/mol. The van der Waals surface area contributed by atoms with Crippen LogP contribution in [0.25, 0.3) is 0 Å². The third kappa shape index (κ3) is 2.41. The molecule has 0 bridgehead atoms. The predicted octanol–water partition coefficient (Wildman–Crippen LogP) is 1.61. The summed E-state index contributed by atoms with van der Waals surface area (Å²) in [5.41, 5.74) is 1.71. The van der Waals surface area contributed by atoms with Gasteiger partial charge in [0.25, 0.3) is 5.91 Å². The van der Waals surface area contributed by atoms with Gasteiger partial charge >= 0.3 is 0 Å². The second kappa shape index (κ2) is 4.86. The van der Waals surface area contributed by atoms with Crippen LogP contribution in [-0.2, 0) is 9.53 Å². The van der Waals surface area contributed by atoms with E-state index in [1.165, 1.54) is 0 Å². The number of carbonyl (C=O) groups excluding carboxylic acids is 1. The molecule has 0 saturated carbocycles. The topological polar surface area (TPSA) is 59.6 Å². The first-order chi connectivity index (χ1) is 8.81. The number of carbonyl (C=O) groups is 1. The second-order valence-electron chi connectivity index (χ2n) is 4.61. The summed E-state index contributed by atoms with van der Waals surface area (Å²) in [5.74, 6) is 0.612. The highest BCUT2D eigenvalue weighted by atomic mass is 16.5. The molecular weight excluding hydrogens is 232 g/mol. The average molecular weight is 248 g/mol. The van der Waals surface area contributed by atoms with Crippen LogP contribution in [0.3, 0.4) is 0 Å². The van der Waals surface area contributed by atoms with Crippen molar-refractivity contribution >= 4 is 17.3 Å². The minimum atomic E-state index is -0.111. The summed E-state index contributed by atoms with van der Waals surface area (Å²) in [5, 5.41) is 6.22. The van der Waals surface area contributed by atoms with Crippen LogP contribution in [0.2, 0.25) is 0 Å². The van der Waals surface area contributed by atoms with E-state index in [1.54, 1.807) is 0 Å². The lowest BCUT2D eigenvalue weighted by molar-refractivity contribution is -0.118. The van der Waals surface area contributed by atoms with Gasteiger partial charge in [0.05, 0.1) is 12.3 Å². The van der Waals surface area contributed by atoms with Crippen molar-refractivity contribution < 1.29 is 14.3 Å². The van der Waals surface area contributed by atoms with Crippen molar-refractivity contribution in [3.05, 3.63) is 18.2 Å². The molecule has 0 aliphatic carbocycles. The first-order valence-corrected chi connectivity index (χ1v) is 6.22. The van der Waals surface area contributed by atoms with E-state index in [9.17, 15) is 4.79 Å². The van der Waals surface area contributed by atoms with Gasteiger partial charge < -0.3 is 20.1 Å². The van der Waals surface area contributed by atoms with E-state index in [0.29, 0.717) is 6.04 Å². The molecule has 1 aromatic rings. The number of nitrogens with one attached hydrogen (secondary N) is 2. The van der Waals surface area contributed by atoms with Crippen molar-refractivity contribution in [3.63, 3.8) is 0 Å². The molecule has 3 rings (SSSR count). The Morgan fingerprint density at radius 1 is 1.39 bits per heavy atom. The average Bonchev–Trinajstić information content (AvgIpc) is 2.39. The number of fused-ring (bicyclic) bond motifs is 1. The van der Waals surface area contributed by atoms with Crippen molar-refractivity contribution in [2.24, 2.45) is 0 Å². The first kappa shape index (κ1) is 11.3. The summed E-state index contributed by atoms with van der Waals surface area (Å²) >= 11 is 0. The Bertz CT molecular complexity index is 456. The molecule has 0 radical (unpaired) electrons. The van der Waals surface area contributed by atoms with Crippen molar-refractivity contribution in [2.45, 2.75) is 18.9 Å². The van der Waals surface area contributed by atoms with Crippen LogP contribution in [0.15, 0.2) is 18.2 Å². The summed E-state index contributed by atoms with van der Waals surface area (Å²) in [4.78, 5) is 11.3. The quantitative estimate of drug-likeness (QED) is 0.834. The Balaban J connectivity index is 1.73. The monoisotopic (exact) mass is 248 g/mol. The van der Waals surface area contributed by atoms with Crippen LogP contribution >= 0.6 is 0 Å². The smallest absolute Gasteiger partial charge is 0.262 e. The van der Waals surface area contributed by atoms with E-state index in [0.717, 1.165) is 43.2 Å². The maximum Gasteiger partial charge on any atom is 0.262 e. The first-order valence-electron chi connectivity index (χ1n) is 6.22. The summed E-state index contributed by atoms with van der Waals surface area (Å²) in [6.45, 7) is 1.68. The van der Waals surface area contributed by atoms with Crippen molar-refractivity contribution in [1.29, 1.82) is 0 Å². The summed E-state index contributed by atoms with van der Waals surface area (Å²) in [7, 11) is 0. The second-order valence-corrected chi connectivity index (χ2v) is 4.61. The summed E-state index contributed by atoms with van der Waals surface area (Å²) in [6, 6.07) is 6.09. The van der Waals surface area contributed by atoms with Crippen LogP contribution in [0, 0.1) is 0 Å². The number of benzene rings is 1. The van der Waals surface area contributed by atoms with Crippen LogP contribution in [0.4, 0.5) is 11.4 Å². The Labute approximate surface area is 105 Å². The molecule has 2 heterocycles. The van der Waals surface area contributed by atoms with Gasteiger partial charge in [-0.2, -0.15) is 0 Å². The fourth-order valence-electron chi connectivity index (χ4n) is 2.26. The van der Waals surface area contributed by atoms with Crippen molar-refractivity contribution in [2.75, 3.05) is 30.5 Å². The molecule has 1 amide bonds. The third-order valence-corrected chi connectivity index (χ3v) is 3.14. The zero-order valence-electron chi connectivity index (χ0n) is 10.1. The molecule has 0 aromatic heterocycles. The summed E-state index contributed by atoms with van der Waals surface area (Å²) < 4.78 is 10.7. The maximum atomic E-state index is 11.3. The molecule has 5 heteroatoms. The molecule has 1 atom stereocenters. The number of rotatable bonds is 2. The molecule has 96 valence electrons. The Morgan fingerprint density at radius 2 is 2.33 bits per heavy atom. The lowest BCUT2D eigenvalue weighted by Crippen LogP contribution is -2.30. The number of hydrogen-bond acceptors (Lipinski definition) is 4. The molecule has 1 fully saturated rings. The summed E-state index contributed by atoms with van der Waals surface area (Å²) in [6.07, 6.45) is 2.20. The molecular formula is C13H16N2O3. The zero-order valence-corrected chi connectivity index (χ0v) is 10.1. The van der Waals surface area contributed by atoms with E-state index >= 15 is 0 Å². The zero-order chi connectivity index (χ0) is 12.4. The van der Waals surface area contributed by atoms with Crippen LogP contribution in [0.5, 0.6) is 5.75 Å². The van der Waals surface area contributed by atoms with Gasteiger partial charge in [-0.15, -0.1) is 0 Å². The lowest BCUT2D eigenvalue weighted by atomic mass is 10.1. The highest BCUT2D eigenvalue weighted by Crippen LogP contribution is 2.30. The van der Waals surface area contributed by atoms with Gasteiger partial charge in [-0.1, -0.05) is 0 Å². The Morgan fingerprint density at radius 3 is 3.17 bits per heavy atom. The Hall–Kier alpha value is -1.75. The van der Waals surface area contributed by atoms with Crippen molar-refractivity contribution in [1.82, 2.24) is 0 Å². The molecule has 2 aliphatic rings. The molecule has 1 unspecified atom stereocenters. The van der Waals surface area contributed by atoms with Crippen LogP contribution in [-0.4, -0.2) is 31.8 Å². The van der Waals surface area contributed by atoms with Crippen LogP contribution in [0.1, 0.15) is 12.8 Å². The highest BCUT2D eigenvalue weighted by molar-refractivity contribution is 5.96. The molecule has 2 aliphatic heterocycles. The molecule has 1 saturated heterocycles. The van der Waals surface area contributed by atoms with Gasteiger partial charge in [-0.25, -0.2) is 0 Å². The highest BCUT2D eigenvalue weighted by Gasteiger charge is 2.18. The fourth-order valence-corrected chi connectivity index (χ4v) is 2.26. The Kier molecular flexibility index (Phi) is 3.06. The van der Waals surface area contributed by atoms with Gasteiger partial charge in [-0.05, 0) is 31.0 Å². The van der Waals surface area contributed by atoms with E-state index in [2.05, 4.69) is 10.6 Å². The maximum absolute atomic E-state index is 11.3. The molecule has 0 spiro atoms. The third-order valence-electron chi connectivity index (χ3n) is 3.14. The molecule has 18 heavy (non-hydrogen) atoms. The van der Waals surface area contributed by atoms with Gasteiger partial charge in [0.2, 0.25) is 0 Å². The fraction of sp³-hybridized carbons (Fsp3) is 0.462. The molecule has 2 N–H and O–H groups in total. The minimum Gasteiger partial charge on any atom is -0.482 e. The van der Waals surface area contributed by atoms with Gasteiger partial charge in [0.1, 0.15) is 5.75 Å².